The summed E-state index contributed by atoms with van der Waals surface area (Å²) in [6.07, 6.45) is 1.11. The Morgan fingerprint density at radius 2 is 1.89 bits per heavy atom. The molecular formula is C16H18OS. The second-order valence-corrected chi connectivity index (χ2v) is 5.94. The molecule has 0 aromatic heterocycles. The van der Waals surface area contributed by atoms with E-state index in [1.54, 1.807) is 11.8 Å². The van der Waals surface area contributed by atoms with Crippen LogP contribution in [0.25, 0.3) is 10.8 Å². The van der Waals surface area contributed by atoms with Crippen LogP contribution in [0, 0.1) is 0 Å². The number of carbonyl (C=O) groups is 1. The Kier molecular flexibility index (Phi) is 4.43. The molecule has 0 aliphatic heterocycles. The second-order valence-electron chi connectivity index (χ2n) is 4.51. The molecule has 2 heteroatoms. The standard InChI is InChI=1S/C16H18OS/c1-3-12(2)18-11-16(17)15-9-8-13-6-4-5-7-14(13)10-15/h4-10,12H,3,11H2,1-2H3/t12-/m0/s1. The van der Waals surface area contributed by atoms with Crippen LogP contribution in [0.4, 0.5) is 0 Å². The van der Waals surface area contributed by atoms with Crippen molar-refractivity contribution in [1.29, 1.82) is 0 Å². The van der Waals surface area contributed by atoms with E-state index in [4.69, 9.17) is 0 Å². The van der Waals surface area contributed by atoms with Gasteiger partial charge < -0.3 is 0 Å². The van der Waals surface area contributed by atoms with Crippen LogP contribution in [-0.2, 0) is 0 Å². The Bertz CT molecular complexity index is 548. The predicted octanol–water partition coefficient (Wildman–Crippen LogP) is 4.55. The summed E-state index contributed by atoms with van der Waals surface area (Å²) < 4.78 is 0. The van der Waals surface area contributed by atoms with Gasteiger partial charge in [0.2, 0.25) is 0 Å². The van der Waals surface area contributed by atoms with Crippen molar-refractivity contribution in [2.24, 2.45) is 0 Å². The molecule has 2 aromatic carbocycles. The van der Waals surface area contributed by atoms with E-state index in [-0.39, 0.29) is 5.78 Å². The highest BCUT2D eigenvalue weighted by molar-refractivity contribution is 8.00. The highest BCUT2D eigenvalue weighted by atomic mass is 32.2. The fourth-order valence-electron chi connectivity index (χ4n) is 1.78. The molecule has 0 aliphatic carbocycles. The summed E-state index contributed by atoms with van der Waals surface area (Å²) in [6.45, 7) is 4.32. The SMILES string of the molecule is CC[C@H](C)SCC(=O)c1ccc2ccccc2c1. The normalized spacial score (nSPS) is 12.6. The molecule has 0 spiro atoms. The van der Waals surface area contributed by atoms with Crippen molar-refractivity contribution in [2.45, 2.75) is 25.5 Å². The minimum atomic E-state index is 0.228. The molecule has 1 atom stereocenters. The maximum absolute atomic E-state index is 12.1. The number of Topliss-reactive ketones (excluding diaryl/α,β-unsaturated/α-hetero) is 1. The third-order valence-electron chi connectivity index (χ3n) is 3.15. The molecule has 0 radical (unpaired) electrons. The quantitative estimate of drug-likeness (QED) is 0.732. The van der Waals surface area contributed by atoms with E-state index in [2.05, 4.69) is 19.9 Å². The fraction of sp³-hybridized carbons (Fsp3) is 0.312. The van der Waals surface area contributed by atoms with Gasteiger partial charge >= 0.3 is 0 Å². The summed E-state index contributed by atoms with van der Waals surface area (Å²) in [6, 6.07) is 14.1. The zero-order chi connectivity index (χ0) is 13.0. The van der Waals surface area contributed by atoms with E-state index >= 15 is 0 Å². The molecule has 0 aliphatic rings. The van der Waals surface area contributed by atoms with Gasteiger partial charge in [-0.1, -0.05) is 50.2 Å². The lowest BCUT2D eigenvalue weighted by Crippen LogP contribution is -2.06. The van der Waals surface area contributed by atoms with Crippen molar-refractivity contribution >= 4 is 28.3 Å². The maximum atomic E-state index is 12.1. The van der Waals surface area contributed by atoms with Gasteiger partial charge in [0.1, 0.15) is 0 Å². The van der Waals surface area contributed by atoms with Gasteiger partial charge in [0.05, 0.1) is 5.75 Å². The second kappa shape index (κ2) is 6.05. The Hall–Kier alpha value is -1.28. The molecule has 0 bridgehead atoms. The van der Waals surface area contributed by atoms with Crippen LogP contribution >= 0.6 is 11.8 Å². The van der Waals surface area contributed by atoms with E-state index in [0.717, 1.165) is 17.4 Å². The van der Waals surface area contributed by atoms with Crippen molar-refractivity contribution < 1.29 is 4.79 Å². The number of carbonyl (C=O) groups excluding carboxylic acids is 1. The van der Waals surface area contributed by atoms with E-state index in [1.165, 1.54) is 5.39 Å². The van der Waals surface area contributed by atoms with Crippen molar-refractivity contribution in [3.63, 3.8) is 0 Å². The van der Waals surface area contributed by atoms with Gasteiger partial charge in [0, 0.05) is 10.8 Å². The van der Waals surface area contributed by atoms with Crippen LogP contribution in [-0.4, -0.2) is 16.8 Å². The van der Waals surface area contributed by atoms with Crippen LogP contribution in [0.2, 0.25) is 0 Å². The molecule has 0 fully saturated rings. The summed E-state index contributed by atoms with van der Waals surface area (Å²) in [5, 5.41) is 2.87. The lowest BCUT2D eigenvalue weighted by molar-refractivity contribution is 0.102. The summed E-state index contributed by atoms with van der Waals surface area (Å²) >= 11 is 1.74. The molecule has 2 rings (SSSR count). The number of fused-ring (bicyclic) bond motifs is 1. The molecule has 0 heterocycles. The first-order valence-electron chi connectivity index (χ1n) is 6.34. The minimum absolute atomic E-state index is 0.228. The third kappa shape index (κ3) is 3.14. The van der Waals surface area contributed by atoms with Crippen molar-refractivity contribution in [3.05, 3.63) is 48.0 Å². The molecule has 94 valence electrons. The fourth-order valence-corrected chi connectivity index (χ4v) is 2.62. The number of hydrogen-bond acceptors (Lipinski definition) is 2. The van der Waals surface area contributed by atoms with E-state index in [0.29, 0.717) is 11.0 Å². The molecule has 18 heavy (non-hydrogen) atoms. The highest BCUT2D eigenvalue weighted by Crippen LogP contribution is 2.19. The number of ketones is 1. The Morgan fingerprint density at radius 1 is 1.17 bits per heavy atom. The summed E-state index contributed by atoms with van der Waals surface area (Å²) in [7, 11) is 0. The van der Waals surface area contributed by atoms with Gasteiger partial charge in [0.15, 0.2) is 5.78 Å². The van der Waals surface area contributed by atoms with Gasteiger partial charge in [0.25, 0.3) is 0 Å². The van der Waals surface area contributed by atoms with E-state index in [1.807, 2.05) is 36.4 Å². The first-order valence-corrected chi connectivity index (χ1v) is 7.39. The molecule has 1 nitrogen and oxygen atoms in total. The largest absolute Gasteiger partial charge is 0.293 e. The first kappa shape index (κ1) is 13.2. The van der Waals surface area contributed by atoms with E-state index in [9.17, 15) is 4.79 Å². The van der Waals surface area contributed by atoms with Gasteiger partial charge in [-0.2, -0.15) is 11.8 Å². The average molecular weight is 258 g/mol. The van der Waals surface area contributed by atoms with Crippen LogP contribution in [0.3, 0.4) is 0 Å². The Balaban J connectivity index is 2.13. The topological polar surface area (TPSA) is 17.1 Å². The minimum Gasteiger partial charge on any atom is -0.293 e. The highest BCUT2D eigenvalue weighted by Gasteiger charge is 2.08. The molecule has 2 aromatic rings. The van der Waals surface area contributed by atoms with E-state index < -0.39 is 0 Å². The monoisotopic (exact) mass is 258 g/mol. The zero-order valence-corrected chi connectivity index (χ0v) is 11.7. The Morgan fingerprint density at radius 3 is 2.61 bits per heavy atom. The van der Waals surface area contributed by atoms with Gasteiger partial charge in [-0.05, 0) is 23.3 Å². The maximum Gasteiger partial charge on any atom is 0.172 e. The number of thioether (sulfide) groups is 1. The molecule has 0 N–H and O–H groups in total. The summed E-state index contributed by atoms with van der Waals surface area (Å²) in [4.78, 5) is 12.1. The predicted molar refractivity (Wildman–Crippen MR) is 80.5 cm³/mol. The van der Waals surface area contributed by atoms with Crippen LogP contribution in [0.5, 0.6) is 0 Å². The number of rotatable bonds is 5. The number of hydrogen-bond donors (Lipinski definition) is 0. The first-order chi connectivity index (χ1) is 8.70. The van der Waals surface area contributed by atoms with Crippen molar-refractivity contribution in [1.82, 2.24) is 0 Å². The molecule has 0 amide bonds. The van der Waals surface area contributed by atoms with Crippen LogP contribution in [0.1, 0.15) is 30.6 Å². The zero-order valence-electron chi connectivity index (χ0n) is 10.8. The Labute approximate surface area is 113 Å². The third-order valence-corrected chi connectivity index (χ3v) is 4.48. The summed E-state index contributed by atoms with van der Waals surface area (Å²) in [5.41, 5.74) is 0.824. The lowest BCUT2D eigenvalue weighted by atomic mass is 10.1. The molecule has 0 unspecified atom stereocenters. The average Bonchev–Trinajstić information content (AvgIpc) is 2.43. The molecule has 0 saturated heterocycles. The lowest BCUT2D eigenvalue weighted by Gasteiger charge is -2.07. The van der Waals surface area contributed by atoms with Crippen molar-refractivity contribution in [2.75, 3.05) is 5.75 Å². The summed E-state index contributed by atoms with van der Waals surface area (Å²) in [5.74, 6) is 0.805. The van der Waals surface area contributed by atoms with Crippen LogP contribution in [0.15, 0.2) is 42.5 Å². The van der Waals surface area contributed by atoms with Gasteiger partial charge in [-0.15, -0.1) is 0 Å². The number of benzene rings is 2. The molecular weight excluding hydrogens is 240 g/mol. The van der Waals surface area contributed by atoms with Crippen molar-refractivity contribution in [3.8, 4) is 0 Å². The van der Waals surface area contributed by atoms with Gasteiger partial charge in [-0.25, -0.2) is 0 Å². The van der Waals surface area contributed by atoms with Gasteiger partial charge in [-0.3, -0.25) is 4.79 Å². The smallest absolute Gasteiger partial charge is 0.172 e. The molecule has 0 saturated carbocycles. The van der Waals surface area contributed by atoms with Crippen LogP contribution < -0.4 is 0 Å².